The van der Waals surface area contributed by atoms with Gasteiger partial charge in [0.25, 0.3) is 0 Å². The van der Waals surface area contributed by atoms with Gasteiger partial charge in [-0.3, -0.25) is 0 Å². The smallest absolute Gasteiger partial charge is 0.374 e. The van der Waals surface area contributed by atoms with E-state index in [1.54, 1.807) is 6.82 Å². The van der Waals surface area contributed by atoms with Crippen LogP contribution in [0.1, 0.15) is 13.8 Å². The molecule has 0 saturated carbocycles. The van der Waals surface area contributed by atoms with Crippen molar-refractivity contribution in [1.82, 2.24) is 5.23 Å². The standard InChI is InChI=1S/C11H18BNO2/c1-11(2,13-12(3)14)9-15-10-7-5-4-6-8-10/h4-8,13-14H,9H2,1-3H3. The molecular weight excluding hydrogens is 189 g/mol. The van der Waals surface area contributed by atoms with Crippen LogP contribution in [0.3, 0.4) is 0 Å². The Labute approximate surface area is 91.6 Å². The van der Waals surface area contributed by atoms with Crippen LogP contribution in [-0.2, 0) is 0 Å². The number of rotatable bonds is 5. The molecule has 82 valence electrons. The Morgan fingerprint density at radius 1 is 1.33 bits per heavy atom. The van der Waals surface area contributed by atoms with E-state index in [1.807, 2.05) is 44.2 Å². The van der Waals surface area contributed by atoms with Crippen molar-refractivity contribution in [1.29, 1.82) is 0 Å². The van der Waals surface area contributed by atoms with Crippen LogP contribution in [0.2, 0.25) is 6.82 Å². The summed E-state index contributed by atoms with van der Waals surface area (Å²) >= 11 is 0. The van der Waals surface area contributed by atoms with Gasteiger partial charge in [0.05, 0.1) is 0 Å². The van der Waals surface area contributed by atoms with Crippen molar-refractivity contribution < 1.29 is 9.76 Å². The van der Waals surface area contributed by atoms with E-state index in [9.17, 15) is 5.02 Å². The van der Waals surface area contributed by atoms with Gasteiger partial charge in [0.2, 0.25) is 0 Å². The van der Waals surface area contributed by atoms with E-state index < -0.39 is 7.05 Å². The molecule has 0 amide bonds. The highest BCUT2D eigenvalue weighted by molar-refractivity contribution is 6.45. The molecule has 0 atom stereocenters. The van der Waals surface area contributed by atoms with E-state index >= 15 is 0 Å². The number of hydrogen-bond acceptors (Lipinski definition) is 3. The van der Waals surface area contributed by atoms with Gasteiger partial charge in [0.1, 0.15) is 12.4 Å². The van der Waals surface area contributed by atoms with Gasteiger partial charge < -0.3 is 15.0 Å². The van der Waals surface area contributed by atoms with Crippen LogP contribution in [0.25, 0.3) is 0 Å². The van der Waals surface area contributed by atoms with Gasteiger partial charge in [0, 0.05) is 5.54 Å². The Balaban J connectivity index is 2.42. The third kappa shape index (κ3) is 4.86. The summed E-state index contributed by atoms with van der Waals surface area (Å²) in [6, 6.07) is 9.65. The lowest BCUT2D eigenvalue weighted by molar-refractivity contribution is 0.224. The summed E-state index contributed by atoms with van der Waals surface area (Å²) in [5.41, 5.74) is -0.246. The zero-order valence-electron chi connectivity index (χ0n) is 9.53. The second-order valence-corrected chi connectivity index (χ2v) is 4.31. The second kappa shape index (κ2) is 5.19. The fourth-order valence-electron chi connectivity index (χ4n) is 1.39. The maximum absolute atomic E-state index is 9.22. The van der Waals surface area contributed by atoms with Gasteiger partial charge in [-0.05, 0) is 32.8 Å². The molecule has 4 heteroatoms. The van der Waals surface area contributed by atoms with Crippen LogP contribution in [0.4, 0.5) is 0 Å². The largest absolute Gasteiger partial charge is 0.492 e. The van der Waals surface area contributed by atoms with E-state index in [-0.39, 0.29) is 5.54 Å². The molecule has 0 aliphatic heterocycles. The average molecular weight is 207 g/mol. The molecule has 0 aromatic heterocycles. The highest BCUT2D eigenvalue weighted by Gasteiger charge is 2.21. The molecule has 0 aliphatic rings. The maximum Gasteiger partial charge on any atom is 0.374 e. The van der Waals surface area contributed by atoms with Crippen LogP contribution < -0.4 is 9.96 Å². The minimum absolute atomic E-state index is 0.246. The molecule has 0 heterocycles. The van der Waals surface area contributed by atoms with Crippen LogP contribution >= 0.6 is 0 Å². The Bertz CT molecular complexity index is 288. The van der Waals surface area contributed by atoms with Crippen molar-refractivity contribution in [3.63, 3.8) is 0 Å². The van der Waals surface area contributed by atoms with Gasteiger partial charge >= 0.3 is 7.05 Å². The minimum Gasteiger partial charge on any atom is -0.492 e. The topological polar surface area (TPSA) is 41.5 Å². The number of benzene rings is 1. The van der Waals surface area contributed by atoms with E-state index in [2.05, 4.69) is 5.23 Å². The second-order valence-electron chi connectivity index (χ2n) is 4.31. The molecule has 0 radical (unpaired) electrons. The predicted molar refractivity (Wildman–Crippen MR) is 63.0 cm³/mol. The monoisotopic (exact) mass is 207 g/mol. The van der Waals surface area contributed by atoms with Gasteiger partial charge in [0.15, 0.2) is 0 Å². The predicted octanol–water partition coefficient (Wildman–Crippen LogP) is 1.54. The van der Waals surface area contributed by atoms with Crippen molar-refractivity contribution in [2.45, 2.75) is 26.2 Å². The van der Waals surface area contributed by atoms with Gasteiger partial charge in [-0.2, -0.15) is 0 Å². The summed E-state index contributed by atoms with van der Waals surface area (Å²) in [6.07, 6.45) is 0. The Morgan fingerprint density at radius 2 is 1.93 bits per heavy atom. The molecular formula is C11H18BNO2. The van der Waals surface area contributed by atoms with Crippen LogP contribution in [0.5, 0.6) is 5.75 Å². The molecule has 0 unspecified atom stereocenters. The molecule has 0 bridgehead atoms. The zero-order valence-corrected chi connectivity index (χ0v) is 9.53. The average Bonchev–Trinajstić information content (AvgIpc) is 2.15. The first-order chi connectivity index (χ1) is 6.99. The highest BCUT2D eigenvalue weighted by Crippen LogP contribution is 2.11. The number of hydrogen-bond donors (Lipinski definition) is 2. The summed E-state index contributed by atoms with van der Waals surface area (Å²) in [6.45, 7) is 6.19. The quantitative estimate of drug-likeness (QED) is 0.719. The lowest BCUT2D eigenvalue weighted by Gasteiger charge is -2.27. The molecule has 0 aliphatic carbocycles. The fraction of sp³-hybridized carbons (Fsp3) is 0.455. The summed E-state index contributed by atoms with van der Waals surface area (Å²) in [4.78, 5) is 0. The number of nitrogens with one attached hydrogen (secondary N) is 1. The summed E-state index contributed by atoms with van der Waals surface area (Å²) in [7, 11) is -0.528. The highest BCUT2D eigenvalue weighted by atomic mass is 16.5. The third-order valence-corrected chi connectivity index (χ3v) is 1.94. The first kappa shape index (κ1) is 12.1. The van der Waals surface area contributed by atoms with Crippen molar-refractivity contribution in [3.8, 4) is 5.75 Å². The van der Waals surface area contributed by atoms with Crippen LogP contribution in [-0.4, -0.2) is 24.2 Å². The van der Waals surface area contributed by atoms with Crippen LogP contribution in [0, 0.1) is 0 Å². The fourth-order valence-corrected chi connectivity index (χ4v) is 1.39. The van der Waals surface area contributed by atoms with Gasteiger partial charge in [-0.25, -0.2) is 0 Å². The Hall–Kier alpha value is -0.995. The lowest BCUT2D eigenvalue weighted by atomic mass is 9.84. The Morgan fingerprint density at radius 3 is 2.47 bits per heavy atom. The molecule has 0 fully saturated rings. The molecule has 1 aromatic rings. The Kier molecular flexibility index (Phi) is 4.18. The SMILES string of the molecule is CB(O)NC(C)(C)COc1ccccc1. The van der Waals surface area contributed by atoms with Gasteiger partial charge in [-0.15, -0.1) is 0 Å². The number of ether oxygens (including phenoxy) is 1. The molecule has 0 saturated heterocycles. The maximum atomic E-state index is 9.22. The first-order valence-electron chi connectivity index (χ1n) is 5.13. The van der Waals surface area contributed by atoms with Crippen LogP contribution in [0.15, 0.2) is 30.3 Å². The third-order valence-electron chi connectivity index (χ3n) is 1.94. The first-order valence-corrected chi connectivity index (χ1v) is 5.13. The van der Waals surface area contributed by atoms with E-state index in [0.717, 1.165) is 5.75 Å². The van der Waals surface area contributed by atoms with Crippen molar-refractivity contribution in [2.24, 2.45) is 0 Å². The van der Waals surface area contributed by atoms with Crippen molar-refractivity contribution in [3.05, 3.63) is 30.3 Å². The van der Waals surface area contributed by atoms with Gasteiger partial charge in [-0.1, -0.05) is 18.2 Å². The molecule has 1 aromatic carbocycles. The summed E-state index contributed by atoms with van der Waals surface area (Å²) in [5, 5.41) is 12.2. The summed E-state index contributed by atoms with van der Waals surface area (Å²) in [5.74, 6) is 0.845. The molecule has 1 rings (SSSR count). The molecule has 0 spiro atoms. The van der Waals surface area contributed by atoms with E-state index in [0.29, 0.717) is 6.61 Å². The molecule has 3 nitrogen and oxygen atoms in total. The zero-order chi connectivity index (χ0) is 11.3. The summed E-state index contributed by atoms with van der Waals surface area (Å²) < 4.78 is 5.60. The van der Waals surface area contributed by atoms with E-state index in [1.165, 1.54) is 0 Å². The molecule has 2 N–H and O–H groups in total. The lowest BCUT2D eigenvalue weighted by Crippen LogP contribution is -2.51. The van der Waals surface area contributed by atoms with Crippen molar-refractivity contribution in [2.75, 3.05) is 6.61 Å². The number of para-hydroxylation sites is 1. The molecule has 15 heavy (non-hydrogen) atoms. The minimum atomic E-state index is -0.528. The normalized spacial score (nSPS) is 11.2. The van der Waals surface area contributed by atoms with Crippen molar-refractivity contribution >= 4 is 7.05 Å². The van der Waals surface area contributed by atoms with E-state index in [4.69, 9.17) is 4.74 Å².